The Morgan fingerprint density at radius 2 is 1.94 bits per heavy atom. The van der Waals surface area contributed by atoms with Gasteiger partial charge in [0, 0.05) is 31.5 Å². The summed E-state index contributed by atoms with van der Waals surface area (Å²) in [6, 6.07) is 5.75. The van der Waals surface area contributed by atoms with Crippen LogP contribution in [0.25, 0.3) is 11.0 Å². The Morgan fingerprint density at radius 1 is 1.14 bits per heavy atom. The molecule has 2 aromatic heterocycles. The van der Waals surface area contributed by atoms with E-state index in [0.717, 1.165) is 36.1 Å². The fraction of sp³-hybridized carbons (Fsp3) is 0.444. The number of benzene rings is 1. The van der Waals surface area contributed by atoms with Gasteiger partial charge in [0.05, 0.1) is 18.5 Å². The van der Waals surface area contributed by atoms with Crippen LogP contribution in [0, 0.1) is 18.8 Å². The predicted molar refractivity (Wildman–Crippen MR) is 138 cm³/mol. The molecule has 0 spiro atoms. The number of methoxy groups -OCH3 is 1. The Labute approximate surface area is 211 Å². The van der Waals surface area contributed by atoms with Crippen LogP contribution in [0.3, 0.4) is 0 Å². The van der Waals surface area contributed by atoms with Crippen molar-refractivity contribution < 1.29 is 14.3 Å². The number of carbonyl (C=O) groups excluding carboxylic acids is 2. The maximum absolute atomic E-state index is 12.5. The number of nitrogens with zero attached hydrogens (tertiary/aromatic N) is 5. The van der Waals surface area contributed by atoms with E-state index >= 15 is 0 Å². The molecule has 36 heavy (non-hydrogen) atoms. The standard InChI is InChI=1S/C27H32N6O3/c1-5-7-23(34)30-26-25-22(10-9-19-13-18(3)14-21(15-19)36-4)31-33(27(25)29-17-28-26)20-11-12-32(16-20)24(35)8-6-2/h13-15,17,20H,5-8,11-12,16H2,1-4H3,(H,28,29,30,34)/t20-/m0/s1. The van der Waals surface area contributed by atoms with Crippen molar-refractivity contribution >= 4 is 28.7 Å². The molecular formula is C27H32N6O3. The first kappa shape index (κ1) is 25.2. The van der Waals surface area contributed by atoms with E-state index in [1.807, 2.05) is 48.6 Å². The zero-order valence-corrected chi connectivity index (χ0v) is 21.3. The lowest BCUT2D eigenvalue weighted by Crippen LogP contribution is -2.28. The Morgan fingerprint density at radius 3 is 2.69 bits per heavy atom. The van der Waals surface area contributed by atoms with Gasteiger partial charge in [0.2, 0.25) is 11.8 Å². The van der Waals surface area contributed by atoms with Crippen molar-refractivity contribution in [1.82, 2.24) is 24.6 Å². The molecule has 9 nitrogen and oxygen atoms in total. The maximum Gasteiger partial charge on any atom is 0.225 e. The molecule has 3 heterocycles. The van der Waals surface area contributed by atoms with Crippen molar-refractivity contribution in [3.8, 4) is 17.6 Å². The third-order valence-corrected chi connectivity index (χ3v) is 6.16. The maximum atomic E-state index is 12.5. The SMILES string of the molecule is CCCC(=O)Nc1ncnc2c1c(C#Cc1cc(C)cc(OC)c1)nn2[C@H]1CCN(C(=O)CCC)C1. The van der Waals surface area contributed by atoms with E-state index in [2.05, 4.69) is 27.1 Å². The smallest absolute Gasteiger partial charge is 0.225 e. The van der Waals surface area contributed by atoms with Crippen LogP contribution in [0.4, 0.5) is 5.82 Å². The van der Waals surface area contributed by atoms with Crippen LogP contribution in [0.15, 0.2) is 24.5 Å². The van der Waals surface area contributed by atoms with E-state index in [0.29, 0.717) is 48.5 Å². The first-order valence-corrected chi connectivity index (χ1v) is 12.4. The van der Waals surface area contributed by atoms with Crippen LogP contribution >= 0.6 is 0 Å². The zero-order valence-electron chi connectivity index (χ0n) is 21.3. The lowest BCUT2D eigenvalue weighted by molar-refractivity contribution is -0.130. The molecule has 1 aromatic carbocycles. The average Bonchev–Trinajstić information content (AvgIpc) is 3.48. The summed E-state index contributed by atoms with van der Waals surface area (Å²) in [5, 5.41) is 8.33. The molecule has 1 N–H and O–H groups in total. The van der Waals surface area contributed by atoms with Crippen LogP contribution in [0.1, 0.15) is 68.8 Å². The van der Waals surface area contributed by atoms with Gasteiger partial charge in [-0.3, -0.25) is 9.59 Å². The number of fused-ring (bicyclic) bond motifs is 1. The van der Waals surface area contributed by atoms with Crippen molar-refractivity contribution in [2.45, 2.75) is 58.9 Å². The summed E-state index contributed by atoms with van der Waals surface area (Å²) < 4.78 is 7.21. The summed E-state index contributed by atoms with van der Waals surface area (Å²) in [7, 11) is 1.62. The highest BCUT2D eigenvalue weighted by Gasteiger charge is 2.30. The number of amides is 2. The van der Waals surface area contributed by atoms with Gasteiger partial charge >= 0.3 is 0 Å². The van der Waals surface area contributed by atoms with Crippen molar-refractivity contribution in [3.63, 3.8) is 0 Å². The third-order valence-electron chi connectivity index (χ3n) is 6.16. The highest BCUT2D eigenvalue weighted by molar-refractivity contribution is 6.00. The minimum Gasteiger partial charge on any atom is -0.497 e. The first-order valence-electron chi connectivity index (χ1n) is 12.4. The summed E-state index contributed by atoms with van der Waals surface area (Å²) in [4.78, 5) is 35.6. The molecule has 2 amide bonds. The van der Waals surface area contributed by atoms with Crippen molar-refractivity contribution in [2.24, 2.45) is 0 Å². The zero-order chi connectivity index (χ0) is 25.7. The first-order chi connectivity index (χ1) is 17.4. The Kier molecular flexibility index (Phi) is 7.84. The molecular weight excluding hydrogens is 456 g/mol. The molecule has 1 atom stereocenters. The molecule has 4 rings (SSSR count). The van der Waals surface area contributed by atoms with Crippen LogP contribution in [-0.2, 0) is 9.59 Å². The number of rotatable bonds is 7. The fourth-order valence-electron chi connectivity index (χ4n) is 4.44. The number of hydrogen-bond donors (Lipinski definition) is 1. The number of carbonyl (C=O) groups is 2. The lowest BCUT2D eigenvalue weighted by atomic mass is 10.1. The second kappa shape index (κ2) is 11.2. The minimum absolute atomic E-state index is 0.0305. The molecule has 188 valence electrons. The van der Waals surface area contributed by atoms with Gasteiger partial charge in [-0.05, 0) is 55.9 Å². The van der Waals surface area contributed by atoms with Gasteiger partial charge in [0.15, 0.2) is 5.65 Å². The van der Waals surface area contributed by atoms with E-state index in [-0.39, 0.29) is 17.9 Å². The largest absolute Gasteiger partial charge is 0.497 e. The molecule has 0 radical (unpaired) electrons. The molecule has 3 aromatic rings. The van der Waals surface area contributed by atoms with Crippen LogP contribution in [-0.4, -0.2) is 56.7 Å². The molecule has 1 aliphatic rings. The number of anilines is 1. The van der Waals surface area contributed by atoms with E-state index < -0.39 is 0 Å². The van der Waals surface area contributed by atoms with Crippen molar-refractivity contribution in [3.05, 3.63) is 41.3 Å². The number of aryl methyl sites for hydroxylation is 1. The number of likely N-dealkylation sites (tertiary alicyclic amines) is 1. The number of hydrogen-bond acceptors (Lipinski definition) is 6. The van der Waals surface area contributed by atoms with Crippen molar-refractivity contribution in [1.29, 1.82) is 0 Å². The van der Waals surface area contributed by atoms with Gasteiger partial charge in [-0.1, -0.05) is 19.8 Å². The van der Waals surface area contributed by atoms with Gasteiger partial charge in [0.1, 0.15) is 23.6 Å². The van der Waals surface area contributed by atoms with Gasteiger partial charge in [-0.2, -0.15) is 5.10 Å². The number of aromatic nitrogens is 4. The average molecular weight is 489 g/mol. The van der Waals surface area contributed by atoms with E-state index in [1.165, 1.54) is 6.33 Å². The van der Waals surface area contributed by atoms with Crippen LogP contribution < -0.4 is 10.1 Å². The highest BCUT2D eigenvalue weighted by Crippen LogP contribution is 2.30. The Balaban J connectivity index is 1.77. The van der Waals surface area contributed by atoms with Crippen molar-refractivity contribution in [2.75, 3.05) is 25.5 Å². The minimum atomic E-state index is -0.121. The molecule has 0 bridgehead atoms. The monoisotopic (exact) mass is 488 g/mol. The topological polar surface area (TPSA) is 102 Å². The lowest BCUT2D eigenvalue weighted by Gasteiger charge is -2.16. The normalized spacial score (nSPS) is 15.0. The summed E-state index contributed by atoms with van der Waals surface area (Å²) in [6.07, 6.45) is 4.68. The second-order valence-electron chi connectivity index (χ2n) is 9.03. The third kappa shape index (κ3) is 5.48. The fourth-order valence-corrected chi connectivity index (χ4v) is 4.44. The van der Waals surface area contributed by atoms with Crippen LogP contribution in [0.2, 0.25) is 0 Å². The summed E-state index contributed by atoms with van der Waals surface area (Å²) in [5.41, 5.74) is 2.90. The molecule has 1 fully saturated rings. The Hall–Kier alpha value is -3.93. The molecule has 1 aliphatic heterocycles. The van der Waals surface area contributed by atoms with Gasteiger partial charge in [-0.15, -0.1) is 0 Å². The van der Waals surface area contributed by atoms with E-state index in [1.54, 1.807) is 7.11 Å². The van der Waals surface area contributed by atoms with E-state index in [9.17, 15) is 9.59 Å². The number of ether oxygens (including phenoxy) is 1. The highest BCUT2D eigenvalue weighted by atomic mass is 16.5. The molecule has 0 saturated carbocycles. The van der Waals surface area contributed by atoms with E-state index in [4.69, 9.17) is 9.84 Å². The summed E-state index contributed by atoms with van der Waals surface area (Å²) >= 11 is 0. The summed E-state index contributed by atoms with van der Waals surface area (Å²) in [5.74, 6) is 7.52. The van der Waals surface area contributed by atoms with Gasteiger partial charge in [-0.25, -0.2) is 14.6 Å². The molecule has 1 saturated heterocycles. The van der Waals surface area contributed by atoms with Crippen LogP contribution in [0.5, 0.6) is 5.75 Å². The molecule has 9 heteroatoms. The van der Waals surface area contributed by atoms with Gasteiger partial charge in [0.25, 0.3) is 0 Å². The Bertz CT molecular complexity index is 1340. The summed E-state index contributed by atoms with van der Waals surface area (Å²) in [6.45, 7) is 7.19. The second-order valence-corrected chi connectivity index (χ2v) is 9.03. The predicted octanol–water partition coefficient (Wildman–Crippen LogP) is 3.86. The molecule has 0 unspecified atom stereocenters. The van der Waals surface area contributed by atoms with Gasteiger partial charge < -0.3 is 15.0 Å². The number of nitrogens with one attached hydrogen (secondary N) is 1. The quantitative estimate of drug-likeness (QED) is 0.507. The molecule has 0 aliphatic carbocycles.